The van der Waals surface area contributed by atoms with Crippen molar-refractivity contribution < 1.29 is 19.3 Å². The molecule has 108 valence electrons. The quantitative estimate of drug-likeness (QED) is 0.701. The second-order valence-electron chi connectivity index (χ2n) is 4.06. The number of aliphatic hydroxyl groups excluding tert-OH is 1. The molecule has 0 saturated heterocycles. The maximum Gasteiger partial charge on any atom is 0.349 e. The van der Waals surface area contributed by atoms with E-state index in [1.54, 1.807) is 33.4 Å². The van der Waals surface area contributed by atoms with Crippen molar-refractivity contribution in [1.29, 1.82) is 0 Å². The molecule has 1 aromatic rings. The van der Waals surface area contributed by atoms with E-state index in [-0.39, 0.29) is 12.7 Å². The number of hydrogen-bond donors (Lipinski definition) is 1. The average Bonchev–Trinajstić information content (AvgIpc) is 2.37. The number of nitrogens with zero attached hydrogens (tertiary/aromatic N) is 2. The van der Waals surface area contributed by atoms with Gasteiger partial charge in [-0.3, -0.25) is 4.57 Å². The van der Waals surface area contributed by atoms with Gasteiger partial charge < -0.3 is 19.3 Å². The van der Waals surface area contributed by atoms with Crippen LogP contribution >= 0.6 is 0 Å². The summed E-state index contributed by atoms with van der Waals surface area (Å²) in [5.41, 5.74) is 0.149. The summed E-state index contributed by atoms with van der Waals surface area (Å²) < 4.78 is 16.8. The van der Waals surface area contributed by atoms with Gasteiger partial charge in [0.15, 0.2) is 6.23 Å². The van der Waals surface area contributed by atoms with Gasteiger partial charge in [-0.2, -0.15) is 4.98 Å². The van der Waals surface area contributed by atoms with Crippen LogP contribution in [-0.4, -0.2) is 54.8 Å². The first kappa shape index (κ1) is 15.8. The fraction of sp³-hybridized carbons (Fsp3) is 0.667. The molecular formula is C12H20N2O5. The van der Waals surface area contributed by atoms with E-state index in [1.807, 2.05) is 0 Å². The summed E-state index contributed by atoms with van der Waals surface area (Å²) >= 11 is 0. The minimum Gasteiger partial charge on any atom is -0.392 e. The van der Waals surface area contributed by atoms with Crippen molar-refractivity contribution in [2.24, 2.45) is 0 Å². The second-order valence-corrected chi connectivity index (χ2v) is 4.06. The van der Waals surface area contributed by atoms with E-state index in [9.17, 15) is 9.90 Å². The molecule has 0 radical (unpaired) electrons. The van der Waals surface area contributed by atoms with Gasteiger partial charge in [-0.15, -0.1) is 0 Å². The van der Waals surface area contributed by atoms with Crippen LogP contribution < -0.4 is 5.69 Å². The minimum absolute atomic E-state index is 0.304. The Morgan fingerprint density at radius 2 is 2.00 bits per heavy atom. The van der Waals surface area contributed by atoms with E-state index in [0.717, 1.165) is 0 Å². The Hall–Kier alpha value is -1.28. The summed E-state index contributed by atoms with van der Waals surface area (Å²) in [6.07, 6.45) is 0.360. The van der Waals surface area contributed by atoms with Crippen LogP contribution in [0.5, 0.6) is 0 Å². The van der Waals surface area contributed by atoms with Crippen molar-refractivity contribution in [2.75, 3.05) is 34.0 Å². The van der Waals surface area contributed by atoms with Gasteiger partial charge in [-0.1, -0.05) is 0 Å². The molecule has 0 bridgehead atoms. The van der Waals surface area contributed by atoms with Crippen molar-refractivity contribution in [3.63, 3.8) is 0 Å². The first-order valence-corrected chi connectivity index (χ1v) is 5.92. The van der Waals surface area contributed by atoms with Crippen LogP contribution in [0.15, 0.2) is 17.1 Å². The highest BCUT2D eigenvalue weighted by atomic mass is 16.6. The van der Waals surface area contributed by atoms with Crippen molar-refractivity contribution >= 4 is 0 Å². The molecule has 1 N–H and O–H groups in total. The number of aliphatic hydroxyl groups is 1. The summed E-state index contributed by atoms with van der Waals surface area (Å²) in [7, 11) is 3.08. The molecule has 0 aromatic carbocycles. The largest absolute Gasteiger partial charge is 0.392 e. The van der Waals surface area contributed by atoms with Gasteiger partial charge in [0.2, 0.25) is 0 Å². The van der Waals surface area contributed by atoms with Gasteiger partial charge in [0, 0.05) is 26.1 Å². The van der Waals surface area contributed by atoms with E-state index >= 15 is 0 Å². The molecule has 7 nitrogen and oxygen atoms in total. The second kappa shape index (κ2) is 8.00. The van der Waals surface area contributed by atoms with E-state index in [1.165, 1.54) is 4.57 Å². The Balaban J connectivity index is 2.84. The average molecular weight is 272 g/mol. The summed E-state index contributed by atoms with van der Waals surface area (Å²) in [6.45, 7) is 1.99. The van der Waals surface area contributed by atoms with E-state index in [4.69, 9.17) is 14.2 Å². The van der Waals surface area contributed by atoms with Gasteiger partial charge in [-0.25, -0.2) is 4.79 Å². The predicted molar refractivity (Wildman–Crippen MR) is 68.0 cm³/mol. The third-order valence-corrected chi connectivity index (χ3v) is 2.49. The highest BCUT2D eigenvalue weighted by molar-refractivity contribution is 4.96. The van der Waals surface area contributed by atoms with Gasteiger partial charge in [0.1, 0.15) is 6.10 Å². The maximum atomic E-state index is 11.7. The molecule has 1 aromatic heterocycles. The van der Waals surface area contributed by atoms with E-state index in [0.29, 0.717) is 18.9 Å². The molecule has 7 heteroatoms. The molecule has 19 heavy (non-hydrogen) atoms. The summed E-state index contributed by atoms with van der Waals surface area (Å²) in [6, 6.07) is 1.68. The van der Waals surface area contributed by atoms with Crippen LogP contribution in [0.1, 0.15) is 11.9 Å². The third kappa shape index (κ3) is 4.71. The zero-order chi connectivity index (χ0) is 14.3. The fourth-order valence-electron chi connectivity index (χ4n) is 1.63. The lowest BCUT2D eigenvalue weighted by Crippen LogP contribution is -2.35. The topological polar surface area (TPSA) is 82.8 Å². The lowest BCUT2D eigenvalue weighted by molar-refractivity contribution is -0.122. The van der Waals surface area contributed by atoms with Crippen LogP contribution in [0.25, 0.3) is 0 Å². The smallest absolute Gasteiger partial charge is 0.349 e. The van der Waals surface area contributed by atoms with Crippen molar-refractivity contribution in [3.05, 3.63) is 28.4 Å². The van der Waals surface area contributed by atoms with E-state index < -0.39 is 11.9 Å². The third-order valence-electron chi connectivity index (χ3n) is 2.49. The molecule has 0 unspecified atom stereocenters. The van der Waals surface area contributed by atoms with Crippen molar-refractivity contribution in [1.82, 2.24) is 9.55 Å². The number of rotatable bonds is 8. The van der Waals surface area contributed by atoms with Crippen molar-refractivity contribution in [3.8, 4) is 0 Å². The molecular weight excluding hydrogens is 252 g/mol. The summed E-state index contributed by atoms with van der Waals surface area (Å²) in [4.78, 5) is 15.5. The van der Waals surface area contributed by atoms with Crippen LogP contribution in [0.4, 0.5) is 0 Å². The number of ether oxygens (including phenoxy) is 3. The molecule has 0 aliphatic carbocycles. The van der Waals surface area contributed by atoms with Crippen LogP contribution in [-0.2, 0) is 14.2 Å². The summed E-state index contributed by atoms with van der Waals surface area (Å²) in [5.74, 6) is 0. The lowest BCUT2D eigenvalue weighted by Gasteiger charge is -2.23. The molecule has 0 aliphatic heterocycles. The molecule has 0 aliphatic rings. The number of hydrogen-bond acceptors (Lipinski definition) is 6. The van der Waals surface area contributed by atoms with Gasteiger partial charge in [0.05, 0.1) is 19.8 Å². The normalized spacial score (nSPS) is 12.9. The standard InChI is InChI=1S/C12H20N2O5/c1-9-4-5-14(12(16)13-9)11(6-15)19-10(7-17-2)8-18-3/h4-5,10-11,15H,6-8H2,1-3H3/t11-/m1/s1. The molecule has 0 amide bonds. The minimum atomic E-state index is -0.809. The number of aromatic nitrogens is 2. The van der Waals surface area contributed by atoms with Gasteiger partial charge in [0.25, 0.3) is 0 Å². The first-order chi connectivity index (χ1) is 9.12. The highest BCUT2D eigenvalue weighted by Gasteiger charge is 2.18. The van der Waals surface area contributed by atoms with Crippen LogP contribution in [0.2, 0.25) is 0 Å². The molecule has 0 saturated carbocycles. The Morgan fingerprint density at radius 1 is 1.37 bits per heavy atom. The number of methoxy groups -OCH3 is 2. The molecule has 1 rings (SSSR count). The van der Waals surface area contributed by atoms with E-state index in [2.05, 4.69) is 4.98 Å². The van der Waals surface area contributed by atoms with Crippen molar-refractivity contribution in [2.45, 2.75) is 19.3 Å². The zero-order valence-electron chi connectivity index (χ0n) is 11.4. The molecule has 1 atom stereocenters. The maximum absolute atomic E-state index is 11.7. The SMILES string of the molecule is COCC(COC)O[C@H](CO)n1ccc(C)nc1=O. The predicted octanol–water partition coefficient (Wildman–Crippen LogP) is -0.279. The fourth-order valence-corrected chi connectivity index (χ4v) is 1.63. The van der Waals surface area contributed by atoms with Gasteiger partial charge >= 0.3 is 5.69 Å². The first-order valence-electron chi connectivity index (χ1n) is 5.92. The molecule has 0 spiro atoms. The van der Waals surface area contributed by atoms with Gasteiger partial charge in [-0.05, 0) is 13.0 Å². The molecule has 0 fully saturated rings. The Kier molecular flexibility index (Phi) is 6.65. The van der Waals surface area contributed by atoms with Crippen LogP contribution in [0.3, 0.4) is 0 Å². The Morgan fingerprint density at radius 3 is 2.47 bits per heavy atom. The Labute approximate surface area is 111 Å². The highest BCUT2D eigenvalue weighted by Crippen LogP contribution is 2.09. The van der Waals surface area contributed by atoms with Crippen LogP contribution in [0, 0.1) is 6.92 Å². The summed E-state index contributed by atoms with van der Waals surface area (Å²) in [5, 5.41) is 9.36. The number of aryl methyl sites for hydroxylation is 1. The molecule has 1 heterocycles. The lowest BCUT2D eigenvalue weighted by atomic mass is 10.4. The zero-order valence-corrected chi connectivity index (χ0v) is 11.4. The Bertz CT molecular complexity index is 428. The monoisotopic (exact) mass is 272 g/mol.